The van der Waals surface area contributed by atoms with Crippen molar-refractivity contribution in [1.82, 2.24) is 48.9 Å². The first-order valence-corrected chi connectivity index (χ1v) is 49.0. The topological polar surface area (TPSA) is 230 Å². The van der Waals surface area contributed by atoms with Crippen molar-refractivity contribution in [2.75, 3.05) is 7.11 Å². The highest BCUT2D eigenvalue weighted by molar-refractivity contribution is 6.32. The molecule has 1 aliphatic rings. The fourth-order valence-electron chi connectivity index (χ4n) is 14.8. The number of carbonyl (C=O) groups is 5. The third kappa shape index (κ3) is 31.8. The number of aryl methyl sites for hydroxylation is 1. The lowest BCUT2D eigenvalue weighted by Gasteiger charge is -2.22. The van der Waals surface area contributed by atoms with Crippen LogP contribution in [0.2, 0.25) is 25.1 Å². The molecule has 9 aromatic carbocycles. The van der Waals surface area contributed by atoms with Crippen molar-refractivity contribution in [2.24, 2.45) is 0 Å². The first-order chi connectivity index (χ1) is 67.6. The van der Waals surface area contributed by atoms with Gasteiger partial charge in [0, 0.05) is 59.0 Å². The molecule has 5 heterocycles. The number of ketones is 5. The number of nitrogens with zero attached hydrogens (tertiary/aromatic N) is 10. The number of hydrogen-bond acceptors (Lipinski definition) is 16. The molecular formula is C113H123Cl5F4N10O11. The van der Waals surface area contributed by atoms with E-state index in [0.29, 0.717) is 87.0 Å². The molecule has 0 unspecified atom stereocenters. The number of alkyl halides is 3. The number of rotatable bonds is 36. The molecule has 0 bridgehead atoms. The first kappa shape index (κ1) is 112. The largest absolute Gasteiger partial charge is 0.497 e. The van der Waals surface area contributed by atoms with E-state index in [9.17, 15) is 41.5 Å². The Kier molecular flexibility index (Phi) is 39.1. The van der Waals surface area contributed by atoms with Crippen LogP contribution in [-0.4, -0.2) is 113 Å². The minimum atomic E-state index is -4.46. The molecule has 0 amide bonds. The Bertz CT molecular complexity index is 6560. The third-order valence-corrected chi connectivity index (χ3v) is 26.9. The monoisotopic (exact) mass is 2050 g/mol. The van der Waals surface area contributed by atoms with Gasteiger partial charge in [0.2, 0.25) is 0 Å². The Morgan fingerprint density at radius 1 is 0.329 bits per heavy atom. The Morgan fingerprint density at radius 2 is 0.601 bits per heavy atom. The van der Waals surface area contributed by atoms with Crippen molar-refractivity contribution >= 4 is 86.9 Å². The highest BCUT2D eigenvalue weighted by atomic mass is 35.5. The van der Waals surface area contributed by atoms with E-state index in [1.54, 1.807) is 123 Å². The number of aromatic nitrogens is 10. The summed E-state index contributed by atoms with van der Waals surface area (Å²) in [6.07, 6.45) is 1.80. The summed E-state index contributed by atoms with van der Waals surface area (Å²) in [5, 5.41) is 26.7. The van der Waals surface area contributed by atoms with E-state index in [4.69, 9.17) is 102 Å². The Hall–Kier alpha value is -11.9. The summed E-state index contributed by atoms with van der Waals surface area (Å²) in [6.45, 7) is 30.5. The SMILES string of the molecule is CC(=O)C(C)(C)OCc1cc(-c2cccc(C(F)(F)F)c2)n(Cc2ccccc2Cl)n1.CC(=O)C(C)(C)OCc1cc(-c2cccc(C)c2)n(Cc2ccccc2Cl)n1.CC(=O)C(C)(C)OCc1cc(-c2cccc(F)c2)n(Cc2ccccc2Cl)n1.CC(=O)C(C)(C)OCc1cc(C2CCCCC2)n(Cc2ccccc2Cl)n1.COc1cccc(-c2cc(COC(C)(C)C(C)=O)nn2Cc2ccccc2Cl)c1. The molecule has 0 saturated heterocycles. The molecule has 0 spiro atoms. The number of hydrogen-bond donors (Lipinski definition) is 0. The average molecular weight is 2050 g/mol. The minimum absolute atomic E-state index is 0.0121. The van der Waals surface area contributed by atoms with Crippen molar-refractivity contribution in [3.05, 3.63) is 353 Å². The molecule has 1 fully saturated rings. The second-order valence-electron chi connectivity index (χ2n) is 37.7. The molecule has 0 N–H and O–H groups in total. The van der Waals surface area contributed by atoms with Gasteiger partial charge in [-0.1, -0.05) is 228 Å². The molecule has 5 aromatic heterocycles. The minimum Gasteiger partial charge on any atom is -0.497 e. The van der Waals surface area contributed by atoms with Crippen LogP contribution in [0.4, 0.5) is 17.6 Å². The van der Waals surface area contributed by atoms with Gasteiger partial charge in [0.1, 0.15) is 39.6 Å². The van der Waals surface area contributed by atoms with E-state index < -0.39 is 39.7 Å². The number of benzene rings is 9. The van der Waals surface area contributed by atoms with Crippen molar-refractivity contribution in [2.45, 2.75) is 249 Å². The maximum absolute atomic E-state index is 13.8. The van der Waals surface area contributed by atoms with Crippen LogP contribution in [0, 0.1) is 12.7 Å². The van der Waals surface area contributed by atoms with Crippen molar-refractivity contribution in [1.29, 1.82) is 0 Å². The van der Waals surface area contributed by atoms with E-state index in [1.807, 2.05) is 173 Å². The van der Waals surface area contributed by atoms with Crippen LogP contribution in [0.1, 0.15) is 215 Å². The van der Waals surface area contributed by atoms with Crippen molar-refractivity contribution < 1.29 is 70.0 Å². The van der Waals surface area contributed by atoms with Crippen LogP contribution in [0.25, 0.3) is 45.0 Å². The highest BCUT2D eigenvalue weighted by Crippen LogP contribution is 2.39. The molecule has 143 heavy (non-hydrogen) atoms. The van der Waals surface area contributed by atoms with Gasteiger partial charge in [0.05, 0.1) is 130 Å². The predicted octanol–water partition coefficient (Wildman–Crippen LogP) is 27.5. The van der Waals surface area contributed by atoms with Gasteiger partial charge in [-0.25, -0.2) is 4.39 Å². The zero-order valence-corrected chi connectivity index (χ0v) is 87.5. The second kappa shape index (κ2) is 50.1. The molecule has 21 nitrogen and oxygen atoms in total. The lowest BCUT2D eigenvalue weighted by molar-refractivity contribution is -0.140. The number of carbonyl (C=O) groups excluding carboxylic acids is 5. The third-order valence-electron chi connectivity index (χ3n) is 25.0. The Labute approximate surface area is 859 Å². The average Bonchev–Trinajstić information content (AvgIpc) is 1.69. The summed E-state index contributed by atoms with van der Waals surface area (Å²) < 4.78 is 97.0. The van der Waals surface area contributed by atoms with Gasteiger partial charge in [-0.15, -0.1) is 0 Å². The van der Waals surface area contributed by atoms with Gasteiger partial charge >= 0.3 is 6.18 Å². The van der Waals surface area contributed by atoms with Crippen molar-refractivity contribution in [3.8, 4) is 50.8 Å². The Balaban J connectivity index is 0.000000171. The van der Waals surface area contributed by atoms with Gasteiger partial charge in [-0.3, -0.25) is 47.4 Å². The number of Topliss-reactive ketones (excluding diaryl/α,β-unsaturated/α-hetero) is 5. The van der Waals surface area contributed by atoms with E-state index in [2.05, 4.69) is 46.1 Å². The molecular weight excluding hydrogens is 1930 g/mol. The van der Waals surface area contributed by atoms with Gasteiger partial charge in [0.15, 0.2) is 28.9 Å². The summed E-state index contributed by atoms with van der Waals surface area (Å²) in [4.78, 5) is 58.6. The van der Waals surface area contributed by atoms with Gasteiger partial charge in [0.25, 0.3) is 0 Å². The number of halogens is 9. The maximum Gasteiger partial charge on any atom is 0.416 e. The van der Waals surface area contributed by atoms with Crippen LogP contribution < -0.4 is 4.74 Å². The van der Waals surface area contributed by atoms with Gasteiger partial charge in [-0.05, 0) is 255 Å². The zero-order valence-electron chi connectivity index (χ0n) is 83.7. The lowest BCUT2D eigenvalue weighted by Crippen LogP contribution is -2.32. The molecule has 754 valence electrons. The number of methoxy groups -OCH3 is 1. The summed E-state index contributed by atoms with van der Waals surface area (Å²) in [6, 6.07) is 75.3. The van der Waals surface area contributed by atoms with Gasteiger partial charge in [-0.2, -0.15) is 38.7 Å². The maximum atomic E-state index is 13.8. The van der Waals surface area contributed by atoms with E-state index in [1.165, 1.54) is 89.3 Å². The van der Waals surface area contributed by atoms with E-state index in [0.717, 1.165) is 96.0 Å². The van der Waals surface area contributed by atoms with Crippen LogP contribution in [0.3, 0.4) is 0 Å². The molecule has 0 atom stereocenters. The first-order valence-electron chi connectivity index (χ1n) is 47.1. The number of ether oxygens (including phenoxy) is 6. The van der Waals surface area contributed by atoms with Crippen LogP contribution in [0.5, 0.6) is 5.75 Å². The quantitative estimate of drug-likeness (QED) is 0.0332. The Morgan fingerprint density at radius 3 is 0.902 bits per heavy atom. The van der Waals surface area contributed by atoms with Gasteiger partial charge < -0.3 is 28.4 Å². The zero-order chi connectivity index (χ0) is 104. The molecule has 1 saturated carbocycles. The van der Waals surface area contributed by atoms with Crippen LogP contribution in [0.15, 0.2) is 249 Å². The molecule has 15 rings (SSSR count). The molecule has 0 aliphatic heterocycles. The highest BCUT2D eigenvalue weighted by Gasteiger charge is 2.34. The molecule has 1 aliphatic carbocycles. The standard InChI is InChI=1S/C23H22ClF3N2O2.C23H25ClN2O3.C23H25ClN2O2.C22H22ClFN2O2.C22H29ClN2O2/c1-15(30)22(2,3)31-14-19-12-21(16-8-6-9-18(11-16)23(25,26)27)29(28-19)13-17-7-4-5-10-20(17)24;1-16(27)23(2,3)29-15-19-13-22(17-9-7-10-20(12-17)28-4)26(25-19)14-18-8-5-6-11-21(18)24;1-16-8-7-10-18(12-16)22-13-20(15-28-23(3,4)17(2)27)25-26(22)14-19-9-5-6-11-21(19)24;1-15(27)22(2,3)28-14-19-12-21(16-8-6-9-18(24)11-16)26(25-19)13-17-7-4-5-10-20(17)23;1-16(26)22(2,3)27-15-19-13-21(17-9-5-4-6-10-17)25(24-19)14-18-11-7-8-12-20(18)23/h4-12H,13-14H2,1-3H3;5-13H,14-15H2,1-4H3;5-13H,14-15H2,1-4H3;4-12H,13-14H2,1-3H3;7-8,11-13,17H,4-6,9-10,14-15H2,1-3H3. The summed E-state index contributed by atoms with van der Waals surface area (Å²) >= 11 is 31.7. The van der Waals surface area contributed by atoms with Crippen LogP contribution >= 0.6 is 58.0 Å². The summed E-state index contributed by atoms with van der Waals surface area (Å²) in [7, 11) is 1.64. The van der Waals surface area contributed by atoms with E-state index >= 15 is 0 Å². The van der Waals surface area contributed by atoms with Crippen molar-refractivity contribution in [3.63, 3.8) is 0 Å². The fraction of sp³-hybridized carbons (Fsp3) is 0.345. The summed E-state index contributed by atoms with van der Waals surface area (Å²) in [5.41, 5.74) is 11.8. The predicted molar refractivity (Wildman–Crippen MR) is 555 cm³/mol. The lowest BCUT2D eigenvalue weighted by atomic mass is 9.87. The molecule has 30 heteroatoms. The summed E-state index contributed by atoms with van der Waals surface area (Å²) in [5.74, 6) is 0.758. The van der Waals surface area contributed by atoms with E-state index in [-0.39, 0.29) is 67.7 Å². The molecule has 0 radical (unpaired) electrons. The molecule has 14 aromatic rings. The second-order valence-corrected chi connectivity index (χ2v) is 39.7. The normalized spacial score (nSPS) is 12.5. The smallest absolute Gasteiger partial charge is 0.416 e. The fourth-order valence-corrected chi connectivity index (χ4v) is 15.8. The van der Waals surface area contributed by atoms with Crippen LogP contribution in [-0.2, 0) is 120 Å².